The largest absolute Gasteiger partial charge is 0.326 e. The summed E-state index contributed by atoms with van der Waals surface area (Å²) in [4.78, 5) is 16.4. The highest BCUT2D eigenvalue weighted by molar-refractivity contribution is 5.93. The number of hydrogen-bond donors (Lipinski definition) is 2. The smallest absolute Gasteiger partial charge is 0.228 e. The molecule has 0 aliphatic rings. The van der Waals surface area contributed by atoms with Gasteiger partial charge in [-0.2, -0.15) is 5.10 Å². The third-order valence-electron chi connectivity index (χ3n) is 3.69. The Balaban J connectivity index is 1.73. The Bertz CT molecular complexity index is 825. The second-order valence-electron chi connectivity index (χ2n) is 5.57. The Morgan fingerprint density at radius 1 is 1.17 bits per heavy atom. The Morgan fingerprint density at radius 3 is 2.83 bits per heavy atom. The van der Waals surface area contributed by atoms with Gasteiger partial charge in [0.1, 0.15) is 6.33 Å². The Kier molecular flexibility index (Phi) is 4.19. The summed E-state index contributed by atoms with van der Waals surface area (Å²) >= 11 is 0. The molecule has 0 atom stereocenters. The SMILES string of the molecule is Cc1ccc(C)c(CC(=O)Nc2cccc(-c3ncn[nH]3)c2)c1. The van der Waals surface area contributed by atoms with Gasteiger partial charge in [-0.25, -0.2) is 4.98 Å². The van der Waals surface area contributed by atoms with E-state index in [1.165, 1.54) is 6.33 Å². The molecular weight excluding hydrogens is 288 g/mol. The molecule has 23 heavy (non-hydrogen) atoms. The molecule has 0 unspecified atom stereocenters. The quantitative estimate of drug-likeness (QED) is 0.777. The Hall–Kier alpha value is -2.95. The molecule has 0 aliphatic heterocycles. The fourth-order valence-corrected chi connectivity index (χ4v) is 2.46. The van der Waals surface area contributed by atoms with Crippen molar-refractivity contribution >= 4 is 11.6 Å². The van der Waals surface area contributed by atoms with Crippen molar-refractivity contribution in [1.82, 2.24) is 15.2 Å². The van der Waals surface area contributed by atoms with Crippen LogP contribution >= 0.6 is 0 Å². The highest BCUT2D eigenvalue weighted by Gasteiger charge is 2.08. The van der Waals surface area contributed by atoms with Gasteiger partial charge in [0.15, 0.2) is 5.82 Å². The van der Waals surface area contributed by atoms with Crippen molar-refractivity contribution in [1.29, 1.82) is 0 Å². The van der Waals surface area contributed by atoms with Crippen LogP contribution in [-0.4, -0.2) is 21.1 Å². The molecule has 3 aromatic rings. The highest BCUT2D eigenvalue weighted by atomic mass is 16.1. The van der Waals surface area contributed by atoms with Gasteiger partial charge < -0.3 is 5.32 Å². The third kappa shape index (κ3) is 3.63. The van der Waals surface area contributed by atoms with Crippen LogP contribution in [0.2, 0.25) is 0 Å². The number of aromatic nitrogens is 3. The van der Waals surface area contributed by atoms with Gasteiger partial charge in [-0.1, -0.05) is 35.9 Å². The summed E-state index contributed by atoms with van der Waals surface area (Å²) in [6, 6.07) is 13.7. The van der Waals surface area contributed by atoms with Crippen LogP contribution in [0, 0.1) is 13.8 Å². The van der Waals surface area contributed by atoms with Gasteiger partial charge in [-0.3, -0.25) is 9.89 Å². The number of rotatable bonds is 4. The second kappa shape index (κ2) is 6.44. The van der Waals surface area contributed by atoms with Crippen molar-refractivity contribution in [3.63, 3.8) is 0 Å². The van der Waals surface area contributed by atoms with Crippen LogP contribution in [0.15, 0.2) is 48.8 Å². The maximum Gasteiger partial charge on any atom is 0.228 e. The van der Waals surface area contributed by atoms with E-state index in [0.717, 1.165) is 27.9 Å². The number of nitrogens with zero attached hydrogens (tertiary/aromatic N) is 2. The van der Waals surface area contributed by atoms with Gasteiger partial charge in [-0.15, -0.1) is 0 Å². The zero-order chi connectivity index (χ0) is 16.2. The van der Waals surface area contributed by atoms with E-state index in [9.17, 15) is 4.79 Å². The van der Waals surface area contributed by atoms with Crippen LogP contribution in [-0.2, 0) is 11.2 Å². The molecule has 2 N–H and O–H groups in total. The Morgan fingerprint density at radius 2 is 2.04 bits per heavy atom. The fraction of sp³-hybridized carbons (Fsp3) is 0.167. The van der Waals surface area contributed by atoms with Gasteiger partial charge in [0.25, 0.3) is 0 Å². The van der Waals surface area contributed by atoms with Crippen LogP contribution in [0.4, 0.5) is 5.69 Å². The van der Waals surface area contributed by atoms with Crippen LogP contribution in [0.3, 0.4) is 0 Å². The average Bonchev–Trinajstić information content (AvgIpc) is 3.05. The van der Waals surface area contributed by atoms with E-state index >= 15 is 0 Å². The molecule has 0 bridgehead atoms. The lowest BCUT2D eigenvalue weighted by atomic mass is 10.0. The normalized spacial score (nSPS) is 10.5. The third-order valence-corrected chi connectivity index (χ3v) is 3.69. The zero-order valence-corrected chi connectivity index (χ0v) is 13.1. The minimum absolute atomic E-state index is 0.0339. The van der Waals surface area contributed by atoms with Crippen LogP contribution in [0.25, 0.3) is 11.4 Å². The number of aryl methyl sites for hydroxylation is 2. The molecule has 0 aliphatic carbocycles. The summed E-state index contributed by atoms with van der Waals surface area (Å²) in [5.74, 6) is 0.643. The number of amides is 1. The Labute approximate surface area is 134 Å². The number of H-pyrrole nitrogens is 1. The lowest BCUT2D eigenvalue weighted by Crippen LogP contribution is -2.15. The topological polar surface area (TPSA) is 70.7 Å². The van der Waals surface area contributed by atoms with Crippen LogP contribution < -0.4 is 5.32 Å². The van der Waals surface area contributed by atoms with Gasteiger partial charge in [-0.05, 0) is 37.1 Å². The molecule has 0 spiro atoms. The molecule has 3 rings (SSSR count). The number of aromatic amines is 1. The summed E-state index contributed by atoms with van der Waals surface area (Å²) in [6.45, 7) is 4.05. The maximum absolute atomic E-state index is 12.3. The number of benzene rings is 2. The molecule has 1 amide bonds. The monoisotopic (exact) mass is 306 g/mol. The predicted octanol–water partition coefficient (Wildman–Crippen LogP) is 3.27. The number of carbonyl (C=O) groups excluding carboxylic acids is 1. The zero-order valence-electron chi connectivity index (χ0n) is 13.1. The molecule has 1 aromatic heterocycles. The lowest BCUT2D eigenvalue weighted by molar-refractivity contribution is -0.115. The molecule has 0 fully saturated rings. The van der Waals surface area contributed by atoms with Crippen molar-refractivity contribution in [2.24, 2.45) is 0 Å². The van der Waals surface area contributed by atoms with Gasteiger partial charge >= 0.3 is 0 Å². The van der Waals surface area contributed by atoms with E-state index in [2.05, 4.69) is 32.6 Å². The van der Waals surface area contributed by atoms with E-state index in [1.807, 2.05) is 44.2 Å². The van der Waals surface area contributed by atoms with Crippen LogP contribution in [0.1, 0.15) is 16.7 Å². The first-order valence-electron chi connectivity index (χ1n) is 7.43. The number of nitrogens with one attached hydrogen (secondary N) is 2. The summed E-state index contributed by atoms with van der Waals surface area (Å²) in [6.07, 6.45) is 1.82. The molecule has 1 heterocycles. The van der Waals surface area contributed by atoms with Crippen LogP contribution in [0.5, 0.6) is 0 Å². The first-order chi connectivity index (χ1) is 11.1. The molecule has 5 nitrogen and oxygen atoms in total. The molecule has 0 saturated heterocycles. The fourth-order valence-electron chi connectivity index (χ4n) is 2.46. The van der Waals surface area contributed by atoms with E-state index in [4.69, 9.17) is 0 Å². The van der Waals surface area contributed by atoms with Gasteiger partial charge in [0, 0.05) is 11.3 Å². The molecule has 2 aromatic carbocycles. The summed E-state index contributed by atoms with van der Waals surface area (Å²) in [5.41, 5.74) is 4.96. The predicted molar refractivity (Wildman–Crippen MR) is 90.1 cm³/mol. The summed E-state index contributed by atoms with van der Waals surface area (Å²) < 4.78 is 0. The van der Waals surface area contributed by atoms with E-state index in [0.29, 0.717) is 12.2 Å². The summed E-state index contributed by atoms with van der Waals surface area (Å²) in [7, 11) is 0. The minimum Gasteiger partial charge on any atom is -0.326 e. The first-order valence-corrected chi connectivity index (χ1v) is 7.43. The molecule has 0 radical (unpaired) electrons. The average molecular weight is 306 g/mol. The van der Waals surface area contributed by atoms with E-state index in [1.54, 1.807) is 0 Å². The van der Waals surface area contributed by atoms with Crippen molar-refractivity contribution in [2.75, 3.05) is 5.32 Å². The highest BCUT2D eigenvalue weighted by Crippen LogP contribution is 2.19. The lowest BCUT2D eigenvalue weighted by Gasteiger charge is -2.09. The van der Waals surface area contributed by atoms with Crippen molar-refractivity contribution in [2.45, 2.75) is 20.3 Å². The van der Waals surface area contributed by atoms with E-state index < -0.39 is 0 Å². The van der Waals surface area contributed by atoms with Gasteiger partial charge in [0.05, 0.1) is 6.42 Å². The van der Waals surface area contributed by atoms with Gasteiger partial charge in [0.2, 0.25) is 5.91 Å². The van der Waals surface area contributed by atoms with Crippen molar-refractivity contribution in [3.8, 4) is 11.4 Å². The van der Waals surface area contributed by atoms with Crippen molar-refractivity contribution < 1.29 is 4.79 Å². The summed E-state index contributed by atoms with van der Waals surface area (Å²) in [5, 5.41) is 9.59. The molecule has 5 heteroatoms. The molecule has 0 saturated carbocycles. The van der Waals surface area contributed by atoms with Crippen molar-refractivity contribution in [3.05, 3.63) is 65.5 Å². The maximum atomic E-state index is 12.3. The molecule has 116 valence electrons. The first kappa shape index (κ1) is 15.0. The van der Waals surface area contributed by atoms with E-state index in [-0.39, 0.29) is 5.91 Å². The number of anilines is 1. The standard InChI is InChI=1S/C18H18N4O/c1-12-6-7-13(2)15(8-12)10-17(23)21-16-5-3-4-14(9-16)18-19-11-20-22-18/h3-9,11H,10H2,1-2H3,(H,21,23)(H,19,20,22). The molecular formula is C18H18N4O. The minimum atomic E-state index is -0.0339. The number of carbonyl (C=O) groups is 1. The second-order valence-corrected chi connectivity index (χ2v) is 5.57. The number of hydrogen-bond acceptors (Lipinski definition) is 3.